The summed E-state index contributed by atoms with van der Waals surface area (Å²) in [5.74, 6) is -0.176. The molecule has 1 aromatic heterocycles. The Balaban J connectivity index is 1.79. The first-order chi connectivity index (χ1) is 11.0. The maximum atomic E-state index is 11.9. The van der Waals surface area contributed by atoms with Crippen LogP contribution in [-0.2, 0) is 5.88 Å². The molecule has 3 aromatic rings. The Morgan fingerprint density at radius 3 is 2.61 bits per heavy atom. The van der Waals surface area contributed by atoms with Gasteiger partial charge in [-0.1, -0.05) is 35.0 Å². The number of thioether (sulfide) groups is 1. The average molecular weight is 368 g/mol. The van der Waals surface area contributed by atoms with Crippen molar-refractivity contribution in [3.05, 3.63) is 63.1 Å². The second kappa shape index (κ2) is 6.70. The number of nitrogens with two attached hydrogens (primary N) is 1. The molecule has 2 aromatic carbocycles. The molecular weight excluding hydrogens is 357 g/mol. The number of aromatic nitrogens is 1. The van der Waals surface area contributed by atoms with Crippen molar-refractivity contribution in [3.63, 3.8) is 0 Å². The van der Waals surface area contributed by atoms with E-state index in [1.165, 1.54) is 16.3 Å². The molecule has 0 saturated carbocycles. The molecule has 0 radical (unpaired) electrons. The fraction of sp³-hybridized carbons (Fsp3) is 0.0667. The normalized spacial score (nSPS) is 12.0. The predicted octanol–water partition coefficient (Wildman–Crippen LogP) is 4.24. The summed E-state index contributed by atoms with van der Waals surface area (Å²) in [7, 11) is 0. The van der Waals surface area contributed by atoms with E-state index in [0.29, 0.717) is 32.0 Å². The lowest BCUT2D eigenvalue weighted by Crippen LogP contribution is -2.15. The van der Waals surface area contributed by atoms with Gasteiger partial charge in [0, 0.05) is 16.1 Å². The van der Waals surface area contributed by atoms with E-state index < -0.39 is 5.76 Å². The van der Waals surface area contributed by atoms with Crippen molar-refractivity contribution in [2.75, 3.05) is 0 Å². The minimum absolute atomic E-state index is 0.288. The Morgan fingerprint density at radius 2 is 1.87 bits per heavy atom. The lowest BCUT2D eigenvalue weighted by atomic mass is 10.3. The highest BCUT2D eigenvalue weighted by atomic mass is 35.5. The van der Waals surface area contributed by atoms with E-state index in [0.717, 1.165) is 0 Å². The first-order valence-corrected chi connectivity index (χ1v) is 8.28. The highest BCUT2D eigenvalue weighted by molar-refractivity contribution is 8.13. The summed E-state index contributed by atoms with van der Waals surface area (Å²) in [6.45, 7) is 0. The van der Waals surface area contributed by atoms with Crippen LogP contribution in [0, 0.1) is 0 Å². The molecule has 8 heteroatoms. The molecule has 3 rings (SSSR count). The second-order valence-electron chi connectivity index (χ2n) is 4.61. The molecule has 1 heterocycles. The van der Waals surface area contributed by atoms with Gasteiger partial charge < -0.3 is 10.2 Å². The monoisotopic (exact) mass is 367 g/mol. The number of amidine groups is 1. The van der Waals surface area contributed by atoms with Gasteiger partial charge >= 0.3 is 5.76 Å². The second-order valence-corrected chi connectivity index (χ2v) is 6.45. The van der Waals surface area contributed by atoms with E-state index in [4.69, 9.17) is 33.4 Å². The summed E-state index contributed by atoms with van der Waals surface area (Å²) >= 11 is 12.9. The van der Waals surface area contributed by atoms with Gasteiger partial charge in [-0.3, -0.25) is 4.57 Å². The molecule has 0 saturated heterocycles. The lowest BCUT2D eigenvalue weighted by molar-refractivity contribution is 0.526. The van der Waals surface area contributed by atoms with Crippen LogP contribution in [0.1, 0.15) is 0 Å². The van der Waals surface area contributed by atoms with Crippen LogP contribution in [0.5, 0.6) is 0 Å². The number of hydrogen-bond acceptors (Lipinski definition) is 4. The van der Waals surface area contributed by atoms with Crippen LogP contribution in [0.2, 0.25) is 10.0 Å². The van der Waals surface area contributed by atoms with Crippen molar-refractivity contribution in [3.8, 4) is 0 Å². The highest BCUT2D eigenvalue weighted by Gasteiger charge is 2.10. The number of aliphatic imine (C=N–C) groups is 1. The van der Waals surface area contributed by atoms with Gasteiger partial charge in [0.2, 0.25) is 0 Å². The molecule has 0 aliphatic rings. The van der Waals surface area contributed by atoms with Gasteiger partial charge in [-0.05, 0) is 36.4 Å². The summed E-state index contributed by atoms with van der Waals surface area (Å²) < 4.78 is 6.63. The zero-order valence-electron chi connectivity index (χ0n) is 11.7. The zero-order valence-corrected chi connectivity index (χ0v) is 14.0. The molecule has 0 bridgehead atoms. The van der Waals surface area contributed by atoms with Crippen molar-refractivity contribution in [1.29, 1.82) is 0 Å². The summed E-state index contributed by atoms with van der Waals surface area (Å²) in [6, 6.07) is 12.0. The third-order valence-electron chi connectivity index (χ3n) is 3.04. The Hall–Kier alpha value is -1.89. The largest absolute Gasteiger partial charge is 0.420 e. The van der Waals surface area contributed by atoms with Crippen LogP contribution < -0.4 is 11.5 Å². The van der Waals surface area contributed by atoms with Gasteiger partial charge in [-0.15, -0.1) is 0 Å². The van der Waals surface area contributed by atoms with E-state index in [1.54, 1.807) is 42.5 Å². The molecule has 0 aliphatic carbocycles. The van der Waals surface area contributed by atoms with Crippen molar-refractivity contribution < 1.29 is 4.42 Å². The molecule has 0 amide bonds. The van der Waals surface area contributed by atoms with Crippen molar-refractivity contribution in [2.45, 2.75) is 5.88 Å². The number of nitrogens with zero attached hydrogens (tertiary/aromatic N) is 2. The average Bonchev–Trinajstić information content (AvgIpc) is 2.82. The number of fused-ring (bicyclic) bond motifs is 1. The summed E-state index contributed by atoms with van der Waals surface area (Å²) in [4.78, 5) is 16.2. The smallest absolute Gasteiger partial charge is 0.408 e. The van der Waals surface area contributed by atoms with Gasteiger partial charge in [-0.25, -0.2) is 9.79 Å². The summed E-state index contributed by atoms with van der Waals surface area (Å²) in [5, 5.41) is 1.47. The fourth-order valence-electron chi connectivity index (χ4n) is 1.97. The van der Waals surface area contributed by atoms with Crippen LogP contribution in [0.15, 0.2) is 56.7 Å². The minimum atomic E-state index is -0.464. The summed E-state index contributed by atoms with van der Waals surface area (Å²) in [6.07, 6.45) is 0. The first kappa shape index (κ1) is 16.0. The van der Waals surface area contributed by atoms with Gasteiger partial charge in [0.1, 0.15) is 0 Å². The molecule has 0 atom stereocenters. The Kier molecular flexibility index (Phi) is 4.66. The highest BCUT2D eigenvalue weighted by Crippen LogP contribution is 2.21. The number of oxazole rings is 1. The zero-order chi connectivity index (χ0) is 16.4. The lowest BCUT2D eigenvalue weighted by Gasteiger charge is -2.02. The topological polar surface area (TPSA) is 73.5 Å². The maximum absolute atomic E-state index is 11.9. The molecule has 0 fully saturated rings. The van der Waals surface area contributed by atoms with Crippen LogP contribution in [0.25, 0.3) is 11.1 Å². The van der Waals surface area contributed by atoms with Crippen LogP contribution in [0.4, 0.5) is 5.69 Å². The van der Waals surface area contributed by atoms with E-state index in [1.807, 2.05) is 0 Å². The van der Waals surface area contributed by atoms with Gasteiger partial charge in [0.25, 0.3) is 0 Å². The first-order valence-electron chi connectivity index (χ1n) is 6.54. The van der Waals surface area contributed by atoms with E-state index >= 15 is 0 Å². The van der Waals surface area contributed by atoms with Gasteiger partial charge in [0.05, 0.1) is 17.1 Å². The molecule has 0 spiro atoms. The van der Waals surface area contributed by atoms with Crippen LogP contribution >= 0.6 is 35.0 Å². The molecular formula is C15H11Cl2N3O2S. The Bertz CT molecular complexity index is 932. The molecule has 0 unspecified atom stereocenters. The third-order valence-corrected chi connectivity index (χ3v) is 4.30. The maximum Gasteiger partial charge on any atom is 0.420 e. The molecule has 0 aliphatic heterocycles. The molecule has 23 heavy (non-hydrogen) atoms. The number of halogens is 2. The molecule has 118 valence electrons. The van der Waals surface area contributed by atoms with E-state index in [2.05, 4.69) is 4.99 Å². The Morgan fingerprint density at radius 1 is 1.17 bits per heavy atom. The van der Waals surface area contributed by atoms with Crippen LogP contribution in [0.3, 0.4) is 0 Å². The fourth-order valence-corrected chi connectivity index (χ4v) is 2.93. The quantitative estimate of drug-likeness (QED) is 0.554. The number of benzene rings is 2. The number of rotatable bonds is 3. The number of hydrogen-bond donors (Lipinski definition) is 1. The van der Waals surface area contributed by atoms with E-state index in [9.17, 15) is 4.79 Å². The van der Waals surface area contributed by atoms with Crippen molar-refractivity contribution in [2.24, 2.45) is 10.7 Å². The molecule has 2 N–H and O–H groups in total. The van der Waals surface area contributed by atoms with Crippen molar-refractivity contribution >= 4 is 56.9 Å². The van der Waals surface area contributed by atoms with Crippen LogP contribution in [-0.4, -0.2) is 9.73 Å². The molecule has 5 nitrogen and oxygen atoms in total. The predicted molar refractivity (Wildman–Crippen MR) is 95.8 cm³/mol. The Labute approximate surface area is 145 Å². The standard InChI is InChI=1S/C15H11Cl2N3O2S/c16-9-1-4-11(5-2-9)19-14(18)23-8-20-12-6-3-10(17)7-13(12)22-15(20)21/h1-7H,8H2,(H2,18,19). The minimum Gasteiger partial charge on any atom is -0.408 e. The van der Waals surface area contributed by atoms with Gasteiger partial charge in [-0.2, -0.15) is 0 Å². The third kappa shape index (κ3) is 3.72. The SMILES string of the molecule is NC(=Nc1ccc(Cl)cc1)SCn1c(=O)oc2cc(Cl)ccc21. The van der Waals surface area contributed by atoms with Gasteiger partial charge in [0.15, 0.2) is 10.8 Å². The summed E-state index contributed by atoms with van der Waals surface area (Å²) in [5.41, 5.74) is 7.68. The van der Waals surface area contributed by atoms with E-state index in [-0.39, 0.29) is 5.88 Å². The van der Waals surface area contributed by atoms with Crippen molar-refractivity contribution in [1.82, 2.24) is 4.57 Å².